The Morgan fingerprint density at radius 2 is 1.93 bits per heavy atom. The molecule has 1 heteroatoms. The molecule has 2 radical (unpaired) electrons. The second kappa shape index (κ2) is 5.71. The van der Waals surface area contributed by atoms with Gasteiger partial charge < -0.3 is 0 Å². The standard InChI is InChI=1S/C14H16Si/c1-3-7-13(8-4-1)11-12-15-14-9-5-2-6-10-14/h2,5-7,9-12H,1,3-4,8H2/b12-11-. The first-order valence-corrected chi connectivity index (χ1v) is 6.70. The number of hydrogen-bond donors (Lipinski definition) is 0. The predicted octanol–water partition coefficient (Wildman–Crippen LogP) is 3.03. The lowest BCUT2D eigenvalue weighted by atomic mass is 10.00. The molecule has 0 fully saturated rings. The lowest BCUT2D eigenvalue weighted by molar-refractivity contribution is 0.712. The Labute approximate surface area is 94.5 Å². The average Bonchev–Trinajstić information content (AvgIpc) is 2.32. The van der Waals surface area contributed by atoms with E-state index < -0.39 is 0 Å². The molecule has 0 spiro atoms. The Morgan fingerprint density at radius 3 is 2.67 bits per heavy atom. The maximum atomic E-state index is 2.38. The molecular weight excluding hydrogens is 196 g/mol. The van der Waals surface area contributed by atoms with Gasteiger partial charge in [0.15, 0.2) is 0 Å². The van der Waals surface area contributed by atoms with Crippen molar-refractivity contribution in [1.82, 2.24) is 0 Å². The molecule has 0 N–H and O–H groups in total. The van der Waals surface area contributed by atoms with Gasteiger partial charge >= 0.3 is 0 Å². The van der Waals surface area contributed by atoms with Crippen LogP contribution < -0.4 is 5.19 Å². The van der Waals surface area contributed by atoms with E-state index in [1.807, 2.05) is 0 Å². The number of rotatable bonds is 3. The van der Waals surface area contributed by atoms with Crippen molar-refractivity contribution in [1.29, 1.82) is 0 Å². The monoisotopic (exact) mass is 212 g/mol. The molecule has 1 aliphatic rings. The van der Waals surface area contributed by atoms with Crippen LogP contribution in [0.2, 0.25) is 0 Å². The van der Waals surface area contributed by atoms with Gasteiger partial charge in [0.2, 0.25) is 0 Å². The highest BCUT2D eigenvalue weighted by Crippen LogP contribution is 2.17. The molecule has 2 rings (SSSR count). The lowest BCUT2D eigenvalue weighted by Crippen LogP contribution is -2.10. The van der Waals surface area contributed by atoms with Gasteiger partial charge in [-0.2, -0.15) is 0 Å². The summed E-state index contributed by atoms with van der Waals surface area (Å²) in [5.74, 6) is 0. The Bertz CT molecular complexity index is 349. The maximum Gasteiger partial charge on any atom is 0.111 e. The summed E-state index contributed by atoms with van der Waals surface area (Å²) in [4.78, 5) is 0. The van der Waals surface area contributed by atoms with Gasteiger partial charge in [0.05, 0.1) is 0 Å². The van der Waals surface area contributed by atoms with Crippen molar-refractivity contribution in [2.45, 2.75) is 25.7 Å². The van der Waals surface area contributed by atoms with Gasteiger partial charge in [-0.05, 0) is 25.7 Å². The molecule has 0 aliphatic heterocycles. The molecule has 0 unspecified atom stereocenters. The molecule has 76 valence electrons. The fourth-order valence-corrected chi connectivity index (χ4v) is 2.67. The molecule has 0 nitrogen and oxygen atoms in total. The van der Waals surface area contributed by atoms with Crippen molar-refractivity contribution in [2.24, 2.45) is 0 Å². The van der Waals surface area contributed by atoms with Gasteiger partial charge in [0, 0.05) is 0 Å². The average molecular weight is 212 g/mol. The molecule has 0 atom stereocenters. The Kier molecular flexibility index (Phi) is 3.98. The number of benzene rings is 1. The zero-order valence-corrected chi connectivity index (χ0v) is 9.95. The molecule has 1 aromatic rings. The molecule has 0 bridgehead atoms. The van der Waals surface area contributed by atoms with Crippen LogP contribution in [0, 0.1) is 0 Å². The molecule has 0 amide bonds. The molecule has 0 saturated heterocycles. The molecule has 1 aromatic carbocycles. The molecule has 0 saturated carbocycles. The third-order valence-electron chi connectivity index (χ3n) is 2.65. The lowest BCUT2D eigenvalue weighted by Gasteiger charge is -2.07. The van der Waals surface area contributed by atoms with E-state index >= 15 is 0 Å². The van der Waals surface area contributed by atoms with Gasteiger partial charge in [-0.3, -0.25) is 0 Å². The molecule has 15 heavy (non-hydrogen) atoms. The van der Waals surface area contributed by atoms with Crippen LogP contribution in [-0.2, 0) is 0 Å². The van der Waals surface area contributed by atoms with E-state index in [1.165, 1.54) is 36.4 Å². The highest BCUT2D eigenvalue weighted by Gasteiger charge is 1.99. The summed E-state index contributed by atoms with van der Waals surface area (Å²) in [7, 11) is 0.807. The molecule has 1 aliphatic carbocycles. The molecular formula is C14H16Si. The van der Waals surface area contributed by atoms with Crippen molar-refractivity contribution in [3.05, 3.63) is 53.8 Å². The summed E-state index contributed by atoms with van der Waals surface area (Å²) in [6.45, 7) is 0. The summed E-state index contributed by atoms with van der Waals surface area (Å²) in [5, 5.41) is 1.42. The fraction of sp³-hybridized carbons (Fsp3) is 0.286. The van der Waals surface area contributed by atoms with E-state index in [2.05, 4.69) is 48.2 Å². The summed E-state index contributed by atoms with van der Waals surface area (Å²) in [6, 6.07) is 10.7. The largest absolute Gasteiger partial charge is 0.111 e. The van der Waals surface area contributed by atoms with E-state index in [-0.39, 0.29) is 0 Å². The van der Waals surface area contributed by atoms with Crippen LogP contribution in [0.1, 0.15) is 25.7 Å². The molecule has 0 aromatic heterocycles. The Morgan fingerprint density at radius 1 is 1.07 bits per heavy atom. The van der Waals surface area contributed by atoms with Gasteiger partial charge in [-0.15, -0.1) is 0 Å². The van der Waals surface area contributed by atoms with E-state index in [4.69, 9.17) is 0 Å². The topological polar surface area (TPSA) is 0 Å². The van der Waals surface area contributed by atoms with Crippen LogP contribution in [0.5, 0.6) is 0 Å². The molecule has 0 heterocycles. The minimum absolute atomic E-state index is 0.807. The van der Waals surface area contributed by atoms with Crippen molar-refractivity contribution in [3.8, 4) is 0 Å². The van der Waals surface area contributed by atoms with Crippen molar-refractivity contribution >= 4 is 14.7 Å². The minimum atomic E-state index is 0.807. The second-order valence-corrected chi connectivity index (χ2v) is 5.07. The zero-order chi connectivity index (χ0) is 10.3. The fourth-order valence-electron chi connectivity index (χ4n) is 1.79. The van der Waals surface area contributed by atoms with Crippen molar-refractivity contribution < 1.29 is 0 Å². The number of allylic oxidation sites excluding steroid dienone is 3. The van der Waals surface area contributed by atoms with Gasteiger partial charge in [-0.25, -0.2) is 0 Å². The Balaban J connectivity index is 1.87. The van der Waals surface area contributed by atoms with Crippen LogP contribution in [-0.4, -0.2) is 9.52 Å². The highest BCUT2D eigenvalue weighted by atomic mass is 28.2. The van der Waals surface area contributed by atoms with E-state index in [0.29, 0.717) is 0 Å². The zero-order valence-electron chi connectivity index (χ0n) is 8.95. The summed E-state index contributed by atoms with van der Waals surface area (Å²) < 4.78 is 0. The van der Waals surface area contributed by atoms with Crippen LogP contribution in [0.15, 0.2) is 53.8 Å². The summed E-state index contributed by atoms with van der Waals surface area (Å²) in [6.07, 6.45) is 9.98. The minimum Gasteiger partial charge on any atom is -0.0930 e. The second-order valence-electron chi connectivity index (χ2n) is 3.87. The van der Waals surface area contributed by atoms with E-state index in [0.717, 1.165) is 9.52 Å². The normalized spacial score (nSPS) is 16.7. The highest BCUT2D eigenvalue weighted by molar-refractivity contribution is 6.58. The van der Waals surface area contributed by atoms with E-state index in [1.54, 1.807) is 0 Å². The van der Waals surface area contributed by atoms with Crippen LogP contribution in [0.3, 0.4) is 0 Å². The van der Waals surface area contributed by atoms with Crippen LogP contribution >= 0.6 is 0 Å². The van der Waals surface area contributed by atoms with Gasteiger partial charge in [0.1, 0.15) is 9.52 Å². The third-order valence-corrected chi connectivity index (χ3v) is 3.65. The predicted molar refractivity (Wildman–Crippen MR) is 67.5 cm³/mol. The quantitative estimate of drug-likeness (QED) is 0.676. The van der Waals surface area contributed by atoms with Crippen molar-refractivity contribution in [2.75, 3.05) is 0 Å². The van der Waals surface area contributed by atoms with E-state index in [9.17, 15) is 0 Å². The third kappa shape index (κ3) is 3.52. The first-order chi connectivity index (χ1) is 7.45. The van der Waals surface area contributed by atoms with Crippen LogP contribution in [0.4, 0.5) is 0 Å². The summed E-state index contributed by atoms with van der Waals surface area (Å²) in [5.41, 5.74) is 3.84. The maximum absolute atomic E-state index is 2.38. The first-order valence-electron chi connectivity index (χ1n) is 5.62. The number of hydrogen-bond acceptors (Lipinski definition) is 0. The van der Waals surface area contributed by atoms with Gasteiger partial charge in [-0.1, -0.05) is 58.9 Å². The van der Waals surface area contributed by atoms with Crippen molar-refractivity contribution in [3.63, 3.8) is 0 Å². The Hall–Kier alpha value is -1.08. The van der Waals surface area contributed by atoms with Crippen LogP contribution in [0.25, 0.3) is 0 Å². The smallest absolute Gasteiger partial charge is 0.0930 e. The first kappa shape index (κ1) is 10.4. The summed E-state index contributed by atoms with van der Waals surface area (Å²) >= 11 is 0. The van der Waals surface area contributed by atoms with Gasteiger partial charge in [0.25, 0.3) is 0 Å². The SMILES string of the molecule is C1=C(/C=C\[Si]c2ccccc2)CCCC1.